The molecule has 13 heavy (non-hydrogen) atoms. The number of hydrogen-bond donors (Lipinski definition) is 0. The largest absolute Gasteiger partial charge is 0.870 e. The molecule has 0 aliphatic rings. The first-order valence-corrected chi connectivity index (χ1v) is 4.56. The van der Waals surface area contributed by atoms with Crippen molar-refractivity contribution < 1.29 is 36.8 Å². The van der Waals surface area contributed by atoms with Crippen LogP contribution in [0, 0.1) is 12.8 Å². The summed E-state index contributed by atoms with van der Waals surface area (Å²) in [4.78, 5) is 0. The van der Waals surface area contributed by atoms with Gasteiger partial charge < -0.3 is 17.9 Å². The molecule has 0 atom stereocenters. The van der Waals surface area contributed by atoms with E-state index in [1.807, 2.05) is 0 Å². The Hall–Kier alpha value is 0.790. The third-order valence-corrected chi connectivity index (χ3v) is 1.78. The molecule has 0 spiro atoms. The predicted molar refractivity (Wildman–Crippen MR) is 51.8 cm³/mol. The minimum absolute atomic E-state index is 0. The molecule has 2 N–H and O–H groups in total. The molecule has 0 aliphatic heterocycles. The van der Waals surface area contributed by atoms with Crippen LogP contribution in [0.15, 0.2) is 0 Å². The molecule has 2 nitrogen and oxygen atoms in total. The van der Waals surface area contributed by atoms with Gasteiger partial charge in [0.05, 0.1) is 0 Å². The summed E-state index contributed by atoms with van der Waals surface area (Å²) in [6.07, 6.45) is 8.04. The van der Waals surface area contributed by atoms with Crippen LogP contribution in [0.3, 0.4) is 0 Å². The molecular weight excluding hydrogens is 331 g/mol. The Kier molecular flexibility index (Phi) is 33.6. The van der Waals surface area contributed by atoms with E-state index in [-0.39, 0.29) is 36.8 Å². The van der Waals surface area contributed by atoms with Gasteiger partial charge in [-0.2, -0.15) is 6.42 Å². The summed E-state index contributed by atoms with van der Waals surface area (Å²) in [7, 11) is 0. The molecule has 0 unspecified atom stereocenters. The van der Waals surface area contributed by atoms with Gasteiger partial charge in [0.25, 0.3) is 0 Å². The fourth-order valence-corrected chi connectivity index (χ4v) is 1.08. The molecule has 0 rings (SSSR count). The van der Waals surface area contributed by atoms with Crippen molar-refractivity contribution in [2.75, 3.05) is 0 Å². The minimum Gasteiger partial charge on any atom is -0.870 e. The average Bonchev–Trinajstić information content (AvgIpc) is 1.87. The van der Waals surface area contributed by atoms with Gasteiger partial charge >= 0.3 is 0 Å². The molecule has 0 bridgehead atoms. The SMILES string of the molecule is [CH2-]CCCCCCC(C)C.[Hf].[OH-].[OH-]. The van der Waals surface area contributed by atoms with E-state index in [9.17, 15) is 0 Å². The van der Waals surface area contributed by atoms with Gasteiger partial charge in [0, 0.05) is 25.8 Å². The van der Waals surface area contributed by atoms with E-state index < -0.39 is 0 Å². The van der Waals surface area contributed by atoms with Crippen molar-refractivity contribution in [3.8, 4) is 0 Å². The van der Waals surface area contributed by atoms with E-state index in [4.69, 9.17) is 0 Å². The second-order valence-electron chi connectivity index (χ2n) is 3.45. The maximum Gasteiger partial charge on any atom is 0 e. The molecule has 3 heteroatoms. The number of unbranched alkanes of at least 4 members (excludes halogenated alkanes) is 4. The molecule has 0 saturated carbocycles. The van der Waals surface area contributed by atoms with Crippen LogP contribution >= 0.6 is 0 Å². The van der Waals surface area contributed by atoms with Crippen molar-refractivity contribution >= 4 is 0 Å². The van der Waals surface area contributed by atoms with Gasteiger partial charge in [-0.3, -0.25) is 0 Å². The average molecular weight is 354 g/mol. The first-order valence-electron chi connectivity index (χ1n) is 4.56. The van der Waals surface area contributed by atoms with Crippen LogP contribution < -0.4 is 0 Å². The van der Waals surface area contributed by atoms with Gasteiger partial charge in [-0.1, -0.05) is 46.0 Å². The van der Waals surface area contributed by atoms with Crippen LogP contribution in [0.25, 0.3) is 0 Å². The first kappa shape index (κ1) is 23.5. The summed E-state index contributed by atoms with van der Waals surface area (Å²) < 4.78 is 0. The van der Waals surface area contributed by atoms with Crippen LogP contribution in [0.5, 0.6) is 0 Å². The van der Waals surface area contributed by atoms with Crippen LogP contribution in [0.4, 0.5) is 0 Å². The van der Waals surface area contributed by atoms with Crippen LogP contribution in [0.1, 0.15) is 52.4 Å². The Morgan fingerprint density at radius 2 is 1.38 bits per heavy atom. The Labute approximate surface area is 102 Å². The molecular formula is C10H23HfO2-3. The fraction of sp³-hybridized carbons (Fsp3) is 0.900. The van der Waals surface area contributed by atoms with E-state index in [0.29, 0.717) is 0 Å². The van der Waals surface area contributed by atoms with Crippen molar-refractivity contribution in [3.63, 3.8) is 0 Å². The molecule has 0 saturated heterocycles. The van der Waals surface area contributed by atoms with Crippen molar-refractivity contribution in [1.29, 1.82) is 0 Å². The molecule has 0 aromatic carbocycles. The molecule has 0 radical (unpaired) electrons. The van der Waals surface area contributed by atoms with Crippen molar-refractivity contribution in [2.24, 2.45) is 5.92 Å². The fourth-order valence-electron chi connectivity index (χ4n) is 1.08. The molecule has 0 aliphatic carbocycles. The quantitative estimate of drug-likeness (QED) is 0.417. The normalized spacial score (nSPS) is 8.31. The van der Waals surface area contributed by atoms with Crippen LogP contribution in [0.2, 0.25) is 0 Å². The molecule has 0 aromatic heterocycles. The molecule has 0 amide bonds. The zero-order valence-electron chi connectivity index (χ0n) is 8.92. The zero-order chi connectivity index (χ0) is 7.82. The van der Waals surface area contributed by atoms with Gasteiger partial charge in [-0.05, 0) is 5.92 Å². The van der Waals surface area contributed by atoms with E-state index in [1.54, 1.807) is 0 Å². The van der Waals surface area contributed by atoms with E-state index in [1.165, 1.54) is 32.1 Å². The zero-order valence-corrected chi connectivity index (χ0v) is 12.5. The Balaban J connectivity index is -0.000000135. The Morgan fingerprint density at radius 1 is 0.923 bits per heavy atom. The van der Waals surface area contributed by atoms with Crippen molar-refractivity contribution in [3.05, 3.63) is 6.92 Å². The summed E-state index contributed by atoms with van der Waals surface area (Å²) in [5, 5.41) is 0. The van der Waals surface area contributed by atoms with Gasteiger partial charge in [0.1, 0.15) is 0 Å². The molecule has 0 fully saturated rings. The Bertz CT molecular complexity index is 67.9. The van der Waals surface area contributed by atoms with Crippen molar-refractivity contribution in [1.82, 2.24) is 0 Å². The second-order valence-corrected chi connectivity index (χ2v) is 3.45. The van der Waals surface area contributed by atoms with Gasteiger partial charge in [0.2, 0.25) is 0 Å². The van der Waals surface area contributed by atoms with E-state index in [0.717, 1.165) is 12.3 Å². The second kappa shape index (κ2) is 18.5. The monoisotopic (exact) mass is 355 g/mol. The summed E-state index contributed by atoms with van der Waals surface area (Å²) in [6.45, 7) is 8.40. The van der Waals surface area contributed by atoms with Crippen LogP contribution in [-0.4, -0.2) is 11.0 Å². The Morgan fingerprint density at radius 3 is 1.77 bits per heavy atom. The number of hydrogen-bond acceptors (Lipinski definition) is 2. The topological polar surface area (TPSA) is 60.0 Å². The van der Waals surface area contributed by atoms with Crippen molar-refractivity contribution in [2.45, 2.75) is 52.4 Å². The molecule has 82 valence electrons. The summed E-state index contributed by atoms with van der Waals surface area (Å²) >= 11 is 0. The standard InChI is InChI=1S/C10H21.Hf.2H2O/c1-4-5-6-7-8-9-10(2)3;;;/h10H,1,4-9H2,2-3H3;;2*1H2/q-1;;;/p-2. The van der Waals surface area contributed by atoms with Gasteiger partial charge in [-0.15, -0.1) is 0 Å². The third-order valence-electron chi connectivity index (χ3n) is 1.78. The predicted octanol–water partition coefficient (Wildman–Crippen LogP) is 3.46. The number of rotatable bonds is 6. The summed E-state index contributed by atoms with van der Waals surface area (Å²) in [5.74, 6) is 0.889. The summed E-state index contributed by atoms with van der Waals surface area (Å²) in [6, 6.07) is 0. The van der Waals surface area contributed by atoms with Crippen LogP contribution in [-0.2, 0) is 25.8 Å². The minimum atomic E-state index is 0. The maximum absolute atomic E-state index is 3.82. The van der Waals surface area contributed by atoms with Gasteiger partial charge in [0.15, 0.2) is 0 Å². The summed E-state index contributed by atoms with van der Waals surface area (Å²) in [5.41, 5.74) is 0. The maximum atomic E-state index is 3.82. The smallest absolute Gasteiger partial charge is 0 e. The first-order chi connectivity index (χ1) is 4.77. The van der Waals surface area contributed by atoms with Gasteiger partial charge in [-0.25, -0.2) is 0 Å². The van der Waals surface area contributed by atoms with E-state index >= 15 is 0 Å². The molecule has 0 heterocycles. The molecule has 0 aromatic rings. The third kappa shape index (κ3) is 24.5. The van der Waals surface area contributed by atoms with E-state index in [2.05, 4.69) is 20.8 Å².